The largest absolute Gasteiger partial charge is 0.436 e. The molecule has 1 heterocycles. The molecule has 0 fully saturated rings. The molecule has 2 N–H and O–H groups in total. The Balaban J connectivity index is 1.34. The van der Waals surface area contributed by atoms with Crippen LogP contribution in [0.1, 0.15) is 22.8 Å². The number of thiocarbonyl (C=S) groups is 1. The van der Waals surface area contributed by atoms with Crippen LogP contribution in [0.3, 0.4) is 0 Å². The van der Waals surface area contributed by atoms with E-state index in [9.17, 15) is 4.79 Å². The molecule has 33 heavy (non-hydrogen) atoms. The molecular weight excluding hydrogens is 430 g/mol. The second-order valence-corrected chi connectivity index (χ2v) is 8.10. The van der Waals surface area contributed by atoms with Gasteiger partial charge in [-0.25, -0.2) is 4.98 Å². The van der Waals surface area contributed by atoms with Crippen LogP contribution in [-0.4, -0.2) is 16.0 Å². The van der Waals surface area contributed by atoms with Crippen LogP contribution in [-0.2, 0) is 6.42 Å². The van der Waals surface area contributed by atoms with Crippen molar-refractivity contribution in [2.75, 3.05) is 5.32 Å². The van der Waals surface area contributed by atoms with Gasteiger partial charge in [0.05, 0.1) is 0 Å². The van der Waals surface area contributed by atoms with E-state index in [0.717, 1.165) is 22.8 Å². The van der Waals surface area contributed by atoms with Gasteiger partial charge in [-0.05, 0) is 71.4 Å². The molecule has 5 rings (SSSR count). The Hall–Kier alpha value is -4.03. The van der Waals surface area contributed by atoms with E-state index >= 15 is 0 Å². The quantitative estimate of drug-likeness (QED) is 0.312. The van der Waals surface area contributed by atoms with E-state index in [0.29, 0.717) is 28.2 Å². The molecule has 6 heteroatoms. The molecule has 0 unspecified atom stereocenters. The zero-order chi connectivity index (χ0) is 22.8. The number of rotatable bonds is 4. The van der Waals surface area contributed by atoms with Crippen molar-refractivity contribution in [1.82, 2.24) is 10.3 Å². The summed E-state index contributed by atoms with van der Waals surface area (Å²) in [6.07, 6.45) is 0.925. The number of benzene rings is 4. The van der Waals surface area contributed by atoms with Crippen molar-refractivity contribution >= 4 is 50.8 Å². The molecule has 5 nitrogen and oxygen atoms in total. The highest BCUT2D eigenvalue weighted by molar-refractivity contribution is 7.80. The first kappa shape index (κ1) is 20.8. The Labute approximate surface area is 196 Å². The Kier molecular flexibility index (Phi) is 5.59. The maximum absolute atomic E-state index is 12.5. The van der Waals surface area contributed by atoms with Gasteiger partial charge in [-0.1, -0.05) is 55.5 Å². The highest BCUT2D eigenvalue weighted by Gasteiger charge is 2.13. The average Bonchev–Trinajstić information content (AvgIpc) is 3.27. The molecule has 5 aromatic rings. The molecule has 0 saturated heterocycles. The minimum absolute atomic E-state index is 0.219. The summed E-state index contributed by atoms with van der Waals surface area (Å²) < 4.78 is 6.02. The van der Waals surface area contributed by atoms with E-state index in [-0.39, 0.29) is 11.0 Å². The number of aryl methyl sites for hydroxylation is 1. The van der Waals surface area contributed by atoms with Crippen LogP contribution < -0.4 is 10.6 Å². The van der Waals surface area contributed by atoms with E-state index in [1.54, 1.807) is 12.1 Å². The van der Waals surface area contributed by atoms with Crippen LogP contribution in [0.2, 0.25) is 0 Å². The van der Waals surface area contributed by atoms with Gasteiger partial charge in [0.1, 0.15) is 5.52 Å². The van der Waals surface area contributed by atoms with Crippen LogP contribution in [0.25, 0.3) is 33.3 Å². The summed E-state index contributed by atoms with van der Waals surface area (Å²) in [6.45, 7) is 2.07. The van der Waals surface area contributed by atoms with Crippen LogP contribution >= 0.6 is 12.2 Å². The molecule has 1 aromatic heterocycles. The Morgan fingerprint density at radius 3 is 2.58 bits per heavy atom. The third-order valence-corrected chi connectivity index (χ3v) is 5.72. The lowest BCUT2D eigenvalue weighted by Gasteiger charge is -2.09. The number of hydrogen-bond donors (Lipinski definition) is 2. The zero-order valence-electron chi connectivity index (χ0n) is 18.0. The van der Waals surface area contributed by atoms with E-state index in [1.807, 2.05) is 54.6 Å². The average molecular weight is 452 g/mol. The predicted octanol–water partition coefficient (Wildman–Crippen LogP) is 6.34. The summed E-state index contributed by atoms with van der Waals surface area (Å²) in [6, 6.07) is 27.2. The van der Waals surface area contributed by atoms with Crippen LogP contribution in [0, 0.1) is 0 Å². The maximum atomic E-state index is 12.5. The zero-order valence-corrected chi connectivity index (χ0v) is 18.8. The summed E-state index contributed by atoms with van der Waals surface area (Å²) in [5.41, 5.74) is 4.77. The summed E-state index contributed by atoms with van der Waals surface area (Å²) in [7, 11) is 0. The van der Waals surface area contributed by atoms with Gasteiger partial charge in [0, 0.05) is 16.8 Å². The highest BCUT2D eigenvalue weighted by atomic mass is 32.1. The monoisotopic (exact) mass is 451 g/mol. The first-order valence-corrected chi connectivity index (χ1v) is 11.1. The Morgan fingerprint density at radius 1 is 0.970 bits per heavy atom. The minimum Gasteiger partial charge on any atom is -0.436 e. The fraction of sp³-hybridized carbons (Fsp3) is 0.0741. The van der Waals surface area contributed by atoms with E-state index in [1.165, 1.54) is 5.56 Å². The SMILES string of the molecule is CCc1ccc(C(=O)NC(=S)Nc2ccc3oc(-c4cccc5ccccc45)nc3c2)cc1. The molecule has 0 aliphatic rings. The second-order valence-electron chi connectivity index (χ2n) is 7.69. The van der Waals surface area contributed by atoms with Crippen molar-refractivity contribution in [2.24, 2.45) is 0 Å². The molecule has 4 aromatic carbocycles. The smallest absolute Gasteiger partial charge is 0.257 e. The topological polar surface area (TPSA) is 67.2 Å². The number of oxazole rings is 1. The summed E-state index contributed by atoms with van der Waals surface area (Å²) in [5.74, 6) is 0.307. The van der Waals surface area contributed by atoms with Crippen molar-refractivity contribution in [1.29, 1.82) is 0 Å². The molecule has 0 aliphatic heterocycles. The molecular formula is C27H21N3O2S. The van der Waals surface area contributed by atoms with Gasteiger partial charge in [-0.3, -0.25) is 10.1 Å². The third-order valence-electron chi connectivity index (χ3n) is 5.52. The van der Waals surface area contributed by atoms with Crippen LogP contribution in [0.4, 0.5) is 5.69 Å². The summed E-state index contributed by atoms with van der Waals surface area (Å²) in [4.78, 5) is 17.1. The van der Waals surface area contributed by atoms with Gasteiger partial charge in [0.15, 0.2) is 10.7 Å². The Morgan fingerprint density at radius 2 is 1.76 bits per heavy atom. The van der Waals surface area contributed by atoms with Gasteiger partial charge in [0.2, 0.25) is 5.89 Å². The lowest BCUT2D eigenvalue weighted by atomic mass is 10.0. The number of aromatic nitrogens is 1. The molecule has 0 atom stereocenters. The van der Waals surface area contributed by atoms with Crippen molar-refractivity contribution < 1.29 is 9.21 Å². The van der Waals surface area contributed by atoms with E-state index < -0.39 is 0 Å². The minimum atomic E-state index is -0.254. The summed E-state index contributed by atoms with van der Waals surface area (Å²) >= 11 is 5.33. The van der Waals surface area contributed by atoms with Crippen LogP contribution in [0.5, 0.6) is 0 Å². The maximum Gasteiger partial charge on any atom is 0.257 e. The second kappa shape index (κ2) is 8.84. The van der Waals surface area contributed by atoms with E-state index in [4.69, 9.17) is 16.6 Å². The first-order valence-electron chi connectivity index (χ1n) is 10.7. The van der Waals surface area contributed by atoms with Crippen molar-refractivity contribution in [2.45, 2.75) is 13.3 Å². The van der Waals surface area contributed by atoms with Gasteiger partial charge in [0.25, 0.3) is 5.91 Å². The van der Waals surface area contributed by atoms with Gasteiger partial charge in [-0.2, -0.15) is 0 Å². The number of nitrogens with zero attached hydrogens (tertiary/aromatic N) is 1. The van der Waals surface area contributed by atoms with E-state index in [2.05, 4.69) is 40.7 Å². The molecule has 1 amide bonds. The number of anilines is 1. The summed E-state index contributed by atoms with van der Waals surface area (Å²) in [5, 5.41) is 8.21. The van der Waals surface area contributed by atoms with Crippen molar-refractivity contribution in [3.63, 3.8) is 0 Å². The predicted molar refractivity (Wildman–Crippen MR) is 136 cm³/mol. The molecule has 0 radical (unpaired) electrons. The lowest BCUT2D eigenvalue weighted by molar-refractivity contribution is 0.0977. The molecule has 0 spiro atoms. The normalized spacial score (nSPS) is 10.9. The van der Waals surface area contributed by atoms with Crippen LogP contribution in [0.15, 0.2) is 89.3 Å². The Bertz CT molecular complexity index is 1480. The number of carbonyl (C=O) groups excluding carboxylic acids is 1. The molecule has 0 bridgehead atoms. The third kappa shape index (κ3) is 4.33. The van der Waals surface area contributed by atoms with Gasteiger partial charge in [-0.15, -0.1) is 0 Å². The van der Waals surface area contributed by atoms with Crippen molar-refractivity contribution in [3.05, 3.63) is 96.1 Å². The fourth-order valence-electron chi connectivity index (χ4n) is 3.76. The number of fused-ring (bicyclic) bond motifs is 2. The number of amides is 1. The number of hydrogen-bond acceptors (Lipinski definition) is 4. The standard InChI is InChI=1S/C27H21N3O2S/c1-2-17-10-12-19(13-11-17)25(31)30-27(33)28-20-14-15-24-23(16-20)29-26(32-24)22-9-5-7-18-6-3-4-8-21(18)22/h3-16H,2H2,1H3,(H2,28,30,31,33). The fourth-order valence-corrected chi connectivity index (χ4v) is 3.97. The highest BCUT2D eigenvalue weighted by Crippen LogP contribution is 2.31. The lowest BCUT2D eigenvalue weighted by Crippen LogP contribution is -2.34. The van der Waals surface area contributed by atoms with Gasteiger partial charge < -0.3 is 9.73 Å². The molecule has 0 saturated carbocycles. The first-order chi connectivity index (χ1) is 16.1. The number of carbonyl (C=O) groups is 1. The van der Waals surface area contributed by atoms with Crippen molar-refractivity contribution in [3.8, 4) is 11.5 Å². The van der Waals surface area contributed by atoms with Gasteiger partial charge >= 0.3 is 0 Å². The number of nitrogens with one attached hydrogen (secondary N) is 2. The molecule has 162 valence electrons. The molecule has 0 aliphatic carbocycles.